The van der Waals surface area contributed by atoms with Gasteiger partial charge in [0.2, 0.25) is 0 Å². The number of piperazine rings is 1. The highest BCUT2D eigenvalue weighted by atomic mass is 35.5. The van der Waals surface area contributed by atoms with Gasteiger partial charge in [0.1, 0.15) is 17.2 Å². The SMILES string of the molecule is CCC(O)(CN1CCN(C)CC1)c1cc(F)c2c(c1)C(=O)N(Cc1ncc(Cl)cn1)[C@@]2(OCC1(C#N)CC1)c1ccc(Cl)cc1. The van der Waals surface area contributed by atoms with Crippen molar-refractivity contribution in [1.82, 2.24) is 24.7 Å². The van der Waals surface area contributed by atoms with Crippen molar-refractivity contribution < 1.29 is 19.0 Å². The second kappa shape index (κ2) is 12.2. The molecule has 1 unspecified atom stereocenters. The van der Waals surface area contributed by atoms with Crippen molar-refractivity contribution in [3.8, 4) is 6.07 Å². The number of carbonyl (C=O) groups excluding carboxylic acids is 1. The van der Waals surface area contributed by atoms with E-state index in [9.17, 15) is 15.2 Å². The molecule has 236 valence electrons. The molecular weight excluding hydrogens is 618 g/mol. The number of aliphatic hydroxyl groups is 1. The van der Waals surface area contributed by atoms with Crippen LogP contribution in [0.2, 0.25) is 10.0 Å². The molecule has 45 heavy (non-hydrogen) atoms. The fourth-order valence-corrected chi connectivity index (χ4v) is 6.45. The number of likely N-dealkylation sites (N-methyl/N-ethyl adjacent to an activating group) is 1. The molecule has 12 heteroatoms. The third kappa shape index (κ3) is 5.94. The second-order valence-electron chi connectivity index (χ2n) is 12.4. The Balaban J connectivity index is 1.50. The zero-order valence-corrected chi connectivity index (χ0v) is 26.8. The van der Waals surface area contributed by atoms with E-state index in [0.717, 1.165) is 26.2 Å². The van der Waals surface area contributed by atoms with Crippen LogP contribution in [0.3, 0.4) is 0 Å². The molecule has 6 rings (SSSR count). The highest BCUT2D eigenvalue weighted by Crippen LogP contribution is 2.52. The molecule has 2 aromatic carbocycles. The average molecular weight is 654 g/mol. The van der Waals surface area contributed by atoms with E-state index in [1.54, 1.807) is 30.3 Å². The first kappa shape index (κ1) is 31.8. The summed E-state index contributed by atoms with van der Waals surface area (Å²) in [4.78, 5) is 28.9. The number of β-amino-alcohol motifs (C(OH)–C–C–N with tert-alkyl or cyclic N) is 1. The first-order valence-corrected chi connectivity index (χ1v) is 15.9. The zero-order chi connectivity index (χ0) is 32.0. The van der Waals surface area contributed by atoms with E-state index in [0.29, 0.717) is 47.0 Å². The summed E-state index contributed by atoms with van der Waals surface area (Å²) in [5.74, 6) is -0.943. The number of nitrogens with zero attached hydrogens (tertiary/aromatic N) is 6. The van der Waals surface area contributed by atoms with Crippen LogP contribution in [0.15, 0.2) is 48.8 Å². The summed E-state index contributed by atoms with van der Waals surface area (Å²) in [5, 5.41) is 22.6. The van der Waals surface area contributed by atoms with Gasteiger partial charge in [-0.15, -0.1) is 0 Å². The van der Waals surface area contributed by atoms with Crippen molar-refractivity contribution >= 4 is 29.1 Å². The average Bonchev–Trinajstić information content (AvgIpc) is 3.79. The number of carbonyl (C=O) groups is 1. The first-order chi connectivity index (χ1) is 21.5. The topological polar surface area (TPSA) is 106 Å². The van der Waals surface area contributed by atoms with E-state index in [1.807, 2.05) is 6.92 Å². The third-order valence-corrected chi connectivity index (χ3v) is 9.79. The van der Waals surface area contributed by atoms with Crippen molar-refractivity contribution in [2.75, 3.05) is 46.4 Å². The van der Waals surface area contributed by atoms with E-state index in [4.69, 9.17) is 27.9 Å². The molecule has 3 heterocycles. The number of amides is 1. The number of hydrogen-bond donors (Lipinski definition) is 1. The maximum atomic E-state index is 16.8. The summed E-state index contributed by atoms with van der Waals surface area (Å²) in [6, 6.07) is 11.9. The number of aromatic nitrogens is 2. The zero-order valence-electron chi connectivity index (χ0n) is 25.3. The van der Waals surface area contributed by atoms with Gasteiger partial charge in [-0.2, -0.15) is 5.26 Å². The Labute approximate surface area is 272 Å². The summed E-state index contributed by atoms with van der Waals surface area (Å²) in [6.07, 6.45) is 4.44. The predicted octanol–water partition coefficient (Wildman–Crippen LogP) is 4.94. The van der Waals surface area contributed by atoms with Crippen LogP contribution >= 0.6 is 23.2 Å². The Hall–Kier alpha value is -3.17. The number of ether oxygens (including phenoxy) is 1. The number of rotatable bonds is 10. The summed E-state index contributed by atoms with van der Waals surface area (Å²) in [7, 11) is 2.06. The van der Waals surface area contributed by atoms with E-state index < -0.39 is 28.5 Å². The quantitative estimate of drug-likeness (QED) is 0.328. The molecule has 1 saturated heterocycles. The third-order valence-electron chi connectivity index (χ3n) is 9.35. The minimum atomic E-state index is -1.77. The van der Waals surface area contributed by atoms with Gasteiger partial charge in [0.25, 0.3) is 5.91 Å². The van der Waals surface area contributed by atoms with E-state index in [-0.39, 0.29) is 30.1 Å². The van der Waals surface area contributed by atoms with Crippen molar-refractivity contribution in [2.45, 2.75) is 44.1 Å². The Bertz CT molecular complexity index is 1620. The number of fused-ring (bicyclic) bond motifs is 1. The monoisotopic (exact) mass is 652 g/mol. The highest BCUT2D eigenvalue weighted by Gasteiger charge is 2.57. The first-order valence-electron chi connectivity index (χ1n) is 15.1. The Kier molecular flexibility index (Phi) is 8.63. The van der Waals surface area contributed by atoms with Gasteiger partial charge >= 0.3 is 0 Å². The number of hydrogen-bond acceptors (Lipinski definition) is 8. The molecular formula is C33H35Cl2FN6O3. The Morgan fingerprint density at radius 3 is 2.36 bits per heavy atom. The van der Waals surface area contributed by atoms with E-state index in [2.05, 4.69) is 32.9 Å². The minimum Gasteiger partial charge on any atom is -0.384 e. The van der Waals surface area contributed by atoms with Crippen molar-refractivity contribution in [2.24, 2.45) is 5.41 Å². The maximum Gasteiger partial charge on any atom is 0.257 e. The molecule has 1 aromatic heterocycles. The van der Waals surface area contributed by atoms with Crippen molar-refractivity contribution in [3.63, 3.8) is 0 Å². The molecule has 1 N–H and O–H groups in total. The number of halogens is 3. The van der Waals surface area contributed by atoms with E-state index >= 15 is 4.39 Å². The smallest absolute Gasteiger partial charge is 0.257 e. The normalized spacial score (nSPS) is 22.6. The second-order valence-corrected chi connectivity index (χ2v) is 13.3. The number of benzene rings is 2. The molecule has 1 aliphatic carbocycles. The molecule has 0 bridgehead atoms. The van der Waals surface area contributed by atoms with Crippen LogP contribution in [0, 0.1) is 22.6 Å². The standard InChI is InChI=1S/C33H35Cl2FN6O3/c1-3-32(44,20-41-12-10-40(2)11-13-41)23-14-26-29(27(36)15-23)33(22-4-6-24(34)7-5-22,45-21-31(19-37)8-9-31)42(30(26)43)18-28-38-16-25(35)17-39-28/h4-7,14-17,44H,3,8-13,18,20-21H2,1-2H3/t32?,33-/m1/s1. The predicted molar refractivity (Wildman–Crippen MR) is 167 cm³/mol. The van der Waals surface area contributed by atoms with Gasteiger partial charge in [0, 0.05) is 55.7 Å². The summed E-state index contributed by atoms with van der Waals surface area (Å²) >= 11 is 12.3. The van der Waals surface area contributed by atoms with Gasteiger partial charge < -0.3 is 14.7 Å². The Morgan fingerprint density at radius 1 is 1.09 bits per heavy atom. The molecule has 3 aliphatic rings. The van der Waals surface area contributed by atoms with Gasteiger partial charge in [-0.05, 0) is 56.1 Å². The summed E-state index contributed by atoms with van der Waals surface area (Å²) in [6.45, 7) is 5.26. The molecule has 9 nitrogen and oxygen atoms in total. The van der Waals surface area contributed by atoms with Crippen molar-refractivity contribution in [1.29, 1.82) is 5.26 Å². The van der Waals surface area contributed by atoms with Gasteiger partial charge in [-0.3, -0.25) is 14.6 Å². The largest absolute Gasteiger partial charge is 0.384 e. The minimum absolute atomic E-state index is 0.0133. The number of nitriles is 1. The lowest BCUT2D eigenvalue weighted by molar-refractivity contribution is -0.122. The van der Waals surface area contributed by atoms with Gasteiger partial charge in [-0.25, -0.2) is 14.4 Å². The molecule has 2 atom stereocenters. The van der Waals surface area contributed by atoms with Crippen LogP contribution < -0.4 is 0 Å². The van der Waals surface area contributed by atoms with Crippen LogP contribution in [0.4, 0.5) is 4.39 Å². The van der Waals surface area contributed by atoms with Crippen LogP contribution in [-0.2, 0) is 22.6 Å². The van der Waals surface area contributed by atoms with Crippen molar-refractivity contribution in [3.05, 3.63) is 92.7 Å². The highest BCUT2D eigenvalue weighted by molar-refractivity contribution is 6.30. The van der Waals surface area contributed by atoms with Gasteiger partial charge in [-0.1, -0.05) is 42.3 Å². The lowest BCUT2D eigenvalue weighted by Crippen LogP contribution is -2.50. The van der Waals surface area contributed by atoms with Gasteiger partial charge in [0.15, 0.2) is 5.72 Å². The molecule has 2 fully saturated rings. The van der Waals surface area contributed by atoms with Crippen LogP contribution in [0.5, 0.6) is 0 Å². The molecule has 0 spiro atoms. The van der Waals surface area contributed by atoms with Crippen LogP contribution in [-0.4, -0.2) is 82.1 Å². The maximum absolute atomic E-state index is 16.8. The fraction of sp³-hybridized carbons (Fsp3) is 0.455. The fourth-order valence-electron chi connectivity index (χ4n) is 6.23. The van der Waals surface area contributed by atoms with E-state index in [1.165, 1.54) is 23.4 Å². The van der Waals surface area contributed by atoms with Crippen LogP contribution in [0.25, 0.3) is 0 Å². The lowest BCUT2D eigenvalue weighted by Gasteiger charge is -2.40. The Morgan fingerprint density at radius 2 is 1.76 bits per heavy atom. The molecule has 3 aromatic rings. The van der Waals surface area contributed by atoms with Gasteiger partial charge in [0.05, 0.1) is 40.8 Å². The molecule has 1 saturated carbocycles. The molecule has 0 radical (unpaired) electrons. The summed E-state index contributed by atoms with van der Waals surface area (Å²) in [5.41, 5.74) is -3.04. The molecule has 2 aliphatic heterocycles. The molecule has 1 amide bonds. The van der Waals surface area contributed by atoms with Crippen LogP contribution in [0.1, 0.15) is 59.1 Å². The lowest BCUT2D eigenvalue weighted by atomic mass is 9.85. The summed E-state index contributed by atoms with van der Waals surface area (Å²) < 4.78 is 23.5.